The maximum Gasteiger partial charge on any atom is 0.257 e. The fraction of sp³-hybridized carbons (Fsp3) is 0.333. The van der Waals surface area contributed by atoms with Gasteiger partial charge in [0.05, 0.1) is 11.5 Å². The van der Waals surface area contributed by atoms with Gasteiger partial charge in [-0.2, -0.15) is 0 Å². The lowest BCUT2D eigenvalue weighted by Crippen LogP contribution is -2.34. The quantitative estimate of drug-likeness (QED) is 0.600. The number of carbonyl (C=O) groups is 1. The molecule has 0 aliphatic rings. The van der Waals surface area contributed by atoms with Crippen LogP contribution in [0, 0.1) is 5.92 Å². The number of carbonyl (C=O) groups excluding carboxylic acids is 1. The van der Waals surface area contributed by atoms with Crippen molar-refractivity contribution in [3.63, 3.8) is 0 Å². The molecule has 30 heavy (non-hydrogen) atoms. The second-order valence-electron chi connectivity index (χ2n) is 7.28. The predicted molar refractivity (Wildman–Crippen MR) is 122 cm³/mol. The first-order chi connectivity index (χ1) is 14.1. The third kappa shape index (κ3) is 6.79. The van der Waals surface area contributed by atoms with E-state index in [9.17, 15) is 13.2 Å². The van der Waals surface area contributed by atoms with Crippen LogP contribution in [0.2, 0.25) is 0 Å². The number of thiocarbonyl (C=S) groups is 1. The van der Waals surface area contributed by atoms with Crippen LogP contribution in [0.4, 0.5) is 5.69 Å². The van der Waals surface area contributed by atoms with Gasteiger partial charge < -0.3 is 10.1 Å². The topological polar surface area (TPSA) is 87.7 Å². The Balaban J connectivity index is 1.96. The van der Waals surface area contributed by atoms with Gasteiger partial charge in [0.25, 0.3) is 5.91 Å². The second-order valence-corrected chi connectivity index (χ2v) is 9.84. The van der Waals surface area contributed by atoms with Crippen molar-refractivity contribution < 1.29 is 17.9 Å². The third-order valence-corrected chi connectivity index (χ3v) is 6.21. The summed E-state index contributed by atoms with van der Waals surface area (Å²) >= 11 is 5.19. The maximum atomic E-state index is 12.5. The molecule has 7 nitrogen and oxygen atoms in total. The Morgan fingerprint density at radius 2 is 1.80 bits per heavy atom. The fourth-order valence-corrected chi connectivity index (χ4v) is 3.51. The van der Waals surface area contributed by atoms with Crippen LogP contribution >= 0.6 is 12.2 Å². The minimum Gasteiger partial charge on any atom is -0.494 e. The molecule has 2 N–H and O–H groups in total. The lowest BCUT2D eigenvalue weighted by atomic mass is 10.1. The third-order valence-electron chi connectivity index (χ3n) is 4.18. The SMILES string of the molecule is CC(C)CCOc1cccc(C(=O)NC(=S)Nc2ccc(S(=O)(=O)N(C)C)cc2)c1. The average molecular weight is 450 g/mol. The predicted octanol–water partition coefficient (Wildman–Crippen LogP) is 3.49. The molecule has 1 amide bonds. The van der Waals surface area contributed by atoms with Gasteiger partial charge in [0.1, 0.15) is 5.75 Å². The molecule has 0 unspecified atom stereocenters. The van der Waals surface area contributed by atoms with Crippen molar-refractivity contribution in [1.82, 2.24) is 9.62 Å². The first-order valence-corrected chi connectivity index (χ1v) is 11.3. The smallest absolute Gasteiger partial charge is 0.257 e. The number of nitrogens with one attached hydrogen (secondary N) is 2. The lowest BCUT2D eigenvalue weighted by Gasteiger charge is -2.13. The number of anilines is 1. The Bertz CT molecular complexity index is 988. The maximum absolute atomic E-state index is 12.5. The number of rotatable bonds is 8. The molecule has 0 atom stereocenters. The van der Waals surface area contributed by atoms with Crippen LogP contribution in [0.1, 0.15) is 30.6 Å². The highest BCUT2D eigenvalue weighted by atomic mass is 32.2. The van der Waals surface area contributed by atoms with Crippen LogP contribution < -0.4 is 15.4 Å². The van der Waals surface area contributed by atoms with Gasteiger partial charge in [-0.05, 0) is 67.0 Å². The van der Waals surface area contributed by atoms with Crippen LogP contribution in [-0.2, 0) is 10.0 Å². The van der Waals surface area contributed by atoms with Crippen LogP contribution in [-0.4, -0.2) is 44.4 Å². The highest BCUT2D eigenvalue weighted by Gasteiger charge is 2.16. The monoisotopic (exact) mass is 449 g/mol. The minimum atomic E-state index is -3.50. The molecule has 2 aromatic carbocycles. The van der Waals surface area contributed by atoms with Gasteiger partial charge in [0, 0.05) is 25.3 Å². The molecule has 9 heteroatoms. The van der Waals surface area contributed by atoms with Crippen LogP contribution in [0.5, 0.6) is 5.75 Å². The van der Waals surface area contributed by atoms with Crippen molar-refractivity contribution >= 4 is 38.9 Å². The van der Waals surface area contributed by atoms with E-state index in [4.69, 9.17) is 17.0 Å². The molecule has 0 bridgehead atoms. The van der Waals surface area contributed by atoms with Gasteiger partial charge in [-0.25, -0.2) is 12.7 Å². The van der Waals surface area contributed by atoms with Gasteiger partial charge in [0.2, 0.25) is 10.0 Å². The van der Waals surface area contributed by atoms with E-state index in [2.05, 4.69) is 24.5 Å². The molecule has 2 aromatic rings. The number of nitrogens with zero attached hydrogens (tertiary/aromatic N) is 1. The highest BCUT2D eigenvalue weighted by molar-refractivity contribution is 7.89. The van der Waals surface area contributed by atoms with Crippen LogP contribution in [0.3, 0.4) is 0 Å². The number of sulfonamides is 1. The van der Waals surface area contributed by atoms with E-state index in [0.717, 1.165) is 10.7 Å². The van der Waals surface area contributed by atoms with E-state index in [1.807, 2.05) is 0 Å². The summed E-state index contributed by atoms with van der Waals surface area (Å²) < 4.78 is 31.0. The van der Waals surface area contributed by atoms with Crippen molar-refractivity contribution in [1.29, 1.82) is 0 Å². The Morgan fingerprint density at radius 3 is 2.40 bits per heavy atom. The second kappa shape index (κ2) is 10.5. The summed E-state index contributed by atoms with van der Waals surface area (Å²) in [6.45, 7) is 4.83. The van der Waals surface area contributed by atoms with Crippen LogP contribution in [0.15, 0.2) is 53.4 Å². The summed E-state index contributed by atoms with van der Waals surface area (Å²) in [7, 11) is -0.564. The van der Waals surface area contributed by atoms with Crippen molar-refractivity contribution in [2.24, 2.45) is 5.92 Å². The standard InChI is InChI=1S/C21H27N3O4S2/c1-15(2)12-13-28-18-7-5-6-16(14-18)20(25)23-21(29)22-17-8-10-19(11-9-17)30(26,27)24(3)4/h5-11,14-15H,12-13H2,1-4H3,(H2,22,23,25,29). The molecule has 0 spiro atoms. The summed E-state index contributed by atoms with van der Waals surface area (Å²) in [5.74, 6) is 0.797. The Morgan fingerprint density at radius 1 is 1.13 bits per heavy atom. The van der Waals surface area contributed by atoms with E-state index >= 15 is 0 Å². The van der Waals surface area contributed by atoms with E-state index < -0.39 is 10.0 Å². The van der Waals surface area contributed by atoms with Gasteiger partial charge in [0.15, 0.2) is 5.11 Å². The van der Waals surface area contributed by atoms with Crippen molar-refractivity contribution in [3.8, 4) is 5.75 Å². The molecule has 0 aromatic heterocycles. The summed E-state index contributed by atoms with van der Waals surface area (Å²) in [6, 6.07) is 13.0. The molecule has 0 heterocycles. The van der Waals surface area contributed by atoms with E-state index in [1.165, 1.54) is 26.2 Å². The number of amides is 1. The number of hydrogen-bond donors (Lipinski definition) is 2. The normalized spacial score (nSPS) is 11.4. The number of hydrogen-bond acceptors (Lipinski definition) is 5. The van der Waals surface area contributed by atoms with E-state index in [-0.39, 0.29) is 15.9 Å². The Hall–Kier alpha value is -2.49. The zero-order valence-corrected chi connectivity index (χ0v) is 19.1. The number of benzene rings is 2. The molecule has 0 saturated carbocycles. The molecule has 0 aliphatic heterocycles. The summed E-state index contributed by atoms with van der Waals surface area (Å²) in [5, 5.41) is 5.59. The number of ether oxygens (including phenoxy) is 1. The van der Waals surface area contributed by atoms with E-state index in [1.54, 1.807) is 36.4 Å². The zero-order valence-electron chi connectivity index (χ0n) is 17.5. The molecular formula is C21H27N3O4S2. The van der Waals surface area contributed by atoms with E-state index in [0.29, 0.717) is 29.5 Å². The molecule has 0 aliphatic carbocycles. The molecule has 0 saturated heterocycles. The van der Waals surface area contributed by atoms with Gasteiger partial charge in [-0.1, -0.05) is 19.9 Å². The molecule has 2 rings (SSSR count). The summed E-state index contributed by atoms with van der Waals surface area (Å²) in [4.78, 5) is 12.6. The Labute approximate surface area is 183 Å². The van der Waals surface area contributed by atoms with Gasteiger partial charge >= 0.3 is 0 Å². The lowest BCUT2D eigenvalue weighted by molar-refractivity contribution is 0.0977. The van der Waals surface area contributed by atoms with Crippen molar-refractivity contribution in [2.45, 2.75) is 25.2 Å². The first kappa shape index (κ1) is 23.8. The highest BCUT2D eigenvalue weighted by Crippen LogP contribution is 2.17. The Kier molecular flexibility index (Phi) is 8.33. The van der Waals surface area contributed by atoms with Gasteiger partial charge in [-0.3, -0.25) is 10.1 Å². The first-order valence-electron chi connectivity index (χ1n) is 9.47. The zero-order chi connectivity index (χ0) is 22.3. The largest absolute Gasteiger partial charge is 0.494 e. The van der Waals surface area contributed by atoms with Crippen molar-refractivity contribution in [3.05, 3.63) is 54.1 Å². The summed E-state index contributed by atoms with van der Waals surface area (Å²) in [5.41, 5.74) is 0.984. The summed E-state index contributed by atoms with van der Waals surface area (Å²) in [6.07, 6.45) is 0.930. The minimum absolute atomic E-state index is 0.106. The van der Waals surface area contributed by atoms with Crippen molar-refractivity contribution in [2.75, 3.05) is 26.0 Å². The molecular weight excluding hydrogens is 422 g/mol. The molecule has 0 radical (unpaired) electrons. The van der Waals surface area contributed by atoms with Gasteiger partial charge in [-0.15, -0.1) is 0 Å². The molecule has 162 valence electrons. The van der Waals surface area contributed by atoms with Crippen LogP contribution in [0.25, 0.3) is 0 Å². The average Bonchev–Trinajstić information content (AvgIpc) is 2.68. The molecule has 0 fully saturated rings. The fourth-order valence-electron chi connectivity index (χ4n) is 2.40.